The molecule has 5 nitrogen and oxygen atoms in total. The normalized spacial score (nSPS) is 16.8. The fourth-order valence-electron chi connectivity index (χ4n) is 3.15. The molecule has 0 aliphatic carbocycles. The lowest BCUT2D eigenvalue weighted by molar-refractivity contribution is 0.178. The average Bonchev–Trinajstić information content (AvgIpc) is 2.49. The highest BCUT2D eigenvalue weighted by Crippen LogP contribution is 2.07. The molecular formula is C17H38IN5. The van der Waals surface area contributed by atoms with E-state index in [1.165, 1.54) is 32.4 Å². The van der Waals surface area contributed by atoms with Crippen molar-refractivity contribution in [2.45, 2.75) is 59.0 Å². The van der Waals surface area contributed by atoms with E-state index in [0.717, 1.165) is 32.1 Å². The first kappa shape index (κ1) is 22.9. The predicted octanol–water partition coefficient (Wildman–Crippen LogP) is 2.37. The summed E-state index contributed by atoms with van der Waals surface area (Å²) >= 11 is 0. The van der Waals surface area contributed by atoms with Crippen LogP contribution in [0.25, 0.3) is 0 Å². The minimum atomic E-state index is 0. The predicted molar refractivity (Wildman–Crippen MR) is 112 cm³/mol. The first-order chi connectivity index (χ1) is 10.5. The third kappa shape index (κ3) is 9.72. The average molecular weight is 439 g/mol. The molecule has 1 heterocycles. The Bertz CT molecular complexity index is 306. The highest BCUT2D eigenvalue weighted by Gasteiger charge is 2.13. The number of nitrogens with one attached hydrogen (secondary N) is 2. The van der Waals surface area contributed by atoms with Gasteiger partial charge in [-0.3, -0.25) is 9.89 Å². The van der Waals surface area contributed by atoms with Gasteiger partial charge >= 0.3 is 0 Å². The van der Waals surface area contributed by atoms with Crippen molar-refractivity contribution in [3.05, 3.63) is 0 Å². The van der Waals surface area contributed by atoms with Crippen molar-refractivity contribution in [2.24, 2.45) is 4.99 Å². The molecule has 1 fully saturated rings. The quantitative estimate of drug-likeness (QED) is 0.346. The van der Waals surface area contributed by atoms with Crippen LogP contribution in [-0.4, -0.2) is 74.2 Å². The van der Waals surface area contributed by atoms with E-state index >= 15 is 0 Å². The standard InChI is InChI=1S/C17H37N5.HI/c1-15(2)22(16(3)4)14-10-20-17(18-5)19-9-13-21-11-7-6-8-12-21;/h15-16H,6-14H2,1-5H3,(H2,18,19,20);1H. The summed E-state index contributed by atoms with van der Waals surface area (Å²) in [5.41, 5.74) is 0. The summed E-state index contributed by atoms with van der Waals surface area (Å²) in [7, 11) is 1.85. The second kappa shape index (κ2) is 13.2. The van der Waals surface area contributed by atoms with E-state index < -0.39 is 0 Å². The van der Waals surface area contributed by atoms with E-state index in [-0.39, 0.29) is 24.0 Å². The minimum absolute atomic E-state index is 0. The van der Waals surface area contributed by atoms with Crippen LogP contribution in [0.1, 0.15) is 47.0 Å². The van der Waals surface area contributed by atoms with Crippen LogP contribution in [0.15, 0.2) is 4.99 Å². The first-order valence-corrected chi connectivity index (χ1v) is 8.97. The Balaban J connectivity index is 0.00000484. The van der Waals surface area contributed by atoms with Gasteiger partial charge in [-0.2, -0.15) is 0 Å². The van der Waals surface area contributed by atoms with E-state index in [4.69, 9.17) is 0 Å². The monoisotopic (exact) mass is 439 g/mol. The van der Waals surface area contributed by atoms with Crippen LogP contribution < -0.4 is 10.6 Å². The van der Waals surface area contributed by atoms with Gasteiger partial charge in [-0.15, -0.1) is 24.0 Å². The first-order valence-electron chi connectivity index (χ1n) is 8.97. The van der Waals surface area contributed by atoms with Gasteiger partial charge in [0.1, 0.15) is 0 Å². The Kier molecular flexibility index (Phi) is 13.2. The highest BCUT2D eigenvalue weighted by molar-refractivity contribution is 14.0. The molecular weight excluding hydrogens is 401 g/mol. The molecule has 1 aliphatic rings. The molecule has 0 unspecified atom stereocenters. The Hall–Kier alpha value is -0.0800. The Labute approximate surface area is 160 Å². The SMILES string of the molecule is CN=C(NCCN1CCCCC1)NCCN(C(C)C)C(C)C.I. The molecule has 0 aromatic heterocycles. The van der Waals surface area contributed by atoms with E-state index in [2.05, 4.69) is 53.1 Å². The van der Waals surface area contributed by atoms with Gasteiger partial charge in [0.2, 0.25) is 0 Å². The highest BCUT2D eigenvalue weighted by atomic mass is 127. The van der Waals surface area contributed by atoms with Crippen LogP contribution in [-0.2, 0) is 0 Å². The number of hydrogen-bond donors (Lipinski definition) is 2. The molecule has 2 N–H and O–H groups in total. The smallest absolute Gasteiger partial charge is 0.191 e. The van der Waals surface area contributed by atoms with Gasteiger partial charge in [-0.1, -0.05) is 6.42 Å². The molecule has 1 rings (SSSR count). The van der Waals surface area contributed by atoms with Gasteiger partial charge < -0.3 is 15.5 Å². The van der Waals surface area contributed by atoms with E-state index in [1.54, 1.807) is 0 Å². The van der Waals surface area contributed by atoms with Crippen LogP contribution in [0.4, 0.5) is 0 Å². The summed E-state index contributed by atoms with van der Waals surface area (Å²) in [6.07, 6.45) is 4.11. The van der Waals surface area contributed by atoms with Crippen LogP contribution in [0.3, 0.4) is 0 Å². The molecule has 0 spiro atoms. The molecule has 23 heavy (non-hydrogen) atoms. The van der Waals surface area contributed by atoms with Gasteiger partial charge in [0, 0.05) is 45.3 Å². The summed E-state index contributed by atoms with van der Waals surface area (Å²) in [5, 5.41) is 6.85. The molecule has 0 bridgehead atoms. The number of halogens is 1. The van der Waals surface area contributed by atoms with Crippen molar-refractivity contribution in [3.8, 4) is 0 Å². The zero-order valence-electron chi connectivity index (χ0n) is 15.8. The lowest BCUT2D eigenvalue weighted by atomic mass is 10.1. The van der Waals surface area contributed by atoms with E-state index in [9.17, 15) is 0 Å². The molecule has 0 atom stereocenters. The van der Waals surface area contributed by atoms with Crippen LogP contribution in [0, 0.1) is 0 Å². The van der Waals surface area contributed by atoms with Gasteiger partial charge in [0.25, 0.3) is 0 Å². The van der Waals surface area contributed by atoms with Gasteiger partial charge in [-0.05, 0) is 53.6 Å². The maximum atomic E-state index is 4.31. The van der Waals surface area contributed by atoms with Crippen LogP contribution in [0.2, 0.25) is 0 Å². The van der Waals surface area contributed by atoms with E-state index in [0.29, 0.717) is 12.1 Å². The van der Waals surface area contributed by atoms with Crippen molar-refractivity contribution in [1.82, 2.24) is 20.4 Å². The molecule has 1 saturated heterocycles. The van der Waals surface area contributed by atoms with Gasteiger partial charge in [-0.25, -0.2) is 0 Å². The minimum Gasteiger partial charge on any atom is -0.355 e. The molecule has 0 amide bonds. The number of guanidine groups is 1. The molecule has 1 aliphatic heterocycles. The number of likely N-dealkylation sites (tertiary alicyclic amines) is 1. The molecule has 6 heteroatoms. The zero-order valence-corrected chi connectivity index (χ0v) is 18.1. The number of nitrogens with zero attached hydrogens (tertiary/aromatic N) is 3. The Morgan fingerprint density at radius 1 is 1.00 bits per heavy atom. The van der Waals surface area contributed by atoms with Crippen molar-refractivity contribution in [3.63, 3.8) is 0 Å². The molecule has 138 valence electrons. The molecule has 0 aromatic carbocycles. The molecule has 0 saturated carbocycles. The topological polar surface area (TPSA) is 42.9 Å². The molecule has 0 radical (unpaired) electrons. The maximum absolute atomic E-state index is 4.31. The zero-order chi connectivity index (χ0) is 16.4. The summed E-state index contributed by atoms with van der Waals surface area (Å²) in [4.78, 5) is 9.35. The maximum Gasteiger partial charge on any atom is 0.191 e. The summed E-state index contributed by atoms with van der Waals surface area (Å²) in [6, 6.07) is 1.16. The van der Waals surface area contributed by atoms with Crippen molar-refractivity contribution >= 4 is 29.9 Å². The third-order valence-corrected chi connectivity index (χ3v) is 4.38. The number of aliphatic imine (C=N–C) groups is 1. The Morgan fingerprint density at radius 2 is 1.57 bits per heavy atom. The third-order valence-electron chi connectivity index (χ3n) is 4.38. The Morgan fingerprint density at radius 3 is 2.09 bits per heavy atom. The van der Waals surface area contributed by atoms with Crippen LogP contribution >= 0.6 is 24.0 Å². The number of rotatable bonds is 8. The summed E-state index contributed by atoms with van der Waals surface area (Å²) < 4.78 is 0. The molecule has 0 aromatic rings. The fraction of sp³-hybridized carbons (Fsp3) is 0.941. The van der Waals surface area contributed by atoms with Crippen molar-refractivity contribution in [1.29, 1.82) is 0 Å². The summed E-state index contributed by atoms with van der Waals surface area (Å²) in [5.74, 6) is 0.921. The number of hydrogen-bond acceptors (Lipinski definition) is 3. The lowest BCUT2D eigenvalue weighted by Gasteiger charge is -2.30. The van der Waals surface area contributed by atoms with Crippen LogP contribution in [0.5, 0.6) is 0 Å². The largest absolute Gasteiger partial charge is 0.355 e. The number of piperidine rings is 1. The van der Waals surface area contributed by atoms with Gasteiger partial charge in [0.15, 0.2) is 5.96 Å². The van der Waals surface area contributed by atoms with E-state index in [1.807, 2.05) is 7.05 Å². The fourth-order valence-corrected chi connectivity index (χ4v) is 3.15. The second-order valence-electron chi connectivity index (χ2n) is 6.75. The lowest BCUT2D eigenvalue weighted by Crippen LogP contribution is -2.46. The van der Waals surface area contributed by atoms with Crippen molar-refractivity contribution in [2.75, 3.05) is 46.3 Å². The van der Waals surface area contributed by atoms with Gasteiger partial charge in [0.05, 0.1) is 0 Å². The second-order valence-corrected chi connectivity index (χ2v) is 6.75. The summed E-state index contributed by atoms with van der Waals surface area (Å²) in [6.45, 7) is 15.6. The van der Waals surface area contributed by atoms with Crippen molar-refractivity contribution < 1.29 is 0 Å².